The molecular weight excluding hydrogens is 247 g/mol. The second-order valence-electron chi connectivity index (χ2n) is 3.73. The molecule has 1 rings (SSSR count). The van der Waals surface area contributed by atoms with Gasteiger partial charge in [0.1, 0.15) is 5.56 Å². The highest BCUT2D eigenvalue weighted by Crippen LogP contribution is 2.43. The molecule has 0 fully saturated rings. The van der Waals surface area contributed by atoms with Gasteiger partial charge in [0.2, 0.25) is 0 Å². The molecule has 0 aliphatic carbocycles. The molecule has 0 unspecified atom stereocenters. The summed E-state index contributed by atoms with van der Waals surface area (Å²) in [5.41, 5.74) is 5.21. The molecule has 0 saturated carbocycles. The fourth-order valence-electron chi connectivity index (χ4n) is 1.74. The summed E-state index contributed by atoms with van der Waals surface area (Å²) in [7, 11) is 2.52. The Bertz CT molecular complexity index is 405. The molecule has 2 N–H and O–H groups in total. The van der Waals surface area contributed by atoms with E-state index in [0.29, 0.717) is 24.9 Å². The van der Waals surface area contributed by atoms with Crippen molar-refractivity contribution in [1.29, 1.82) is 0 Å². The molecule has 0 radical (unpaired) electrons. The molecule has 0 spiro atoms. The molecular formula is C12H16F3NO2. The SMILES string of the molecule is COc1c(CCCN)ccc(C(F)(F)F)c1OC. The highest BCUT2D eigenvalue weighted by atomic mass is 19.4. The van der Waals surface area contributed by atoms with Crippen molar-refractivity contribution in [2.75, 3.05) is 20.8 Å². The minimum absolute atomic E-state index is 0.126. The van der Waals surface area contributed by atoms with Gasteiger partial charge in [0, 0.05) is 0 Å². The van der Waals surface area contributed by atoms with Gasteiger partial charge in [-0.3, -0.25) is 0 Å². The van der Waals surface area contributed by atoms with Gasteiger partial charge in [-0.05, 0) is 31.0 Å². The van der Waals surface area contributed by atoms with Crippen molar-refractivity contribution >= 4 is 0 Å². The zero-order chi connectivity index (χ0) is 13.8. The molecule has 0 aromatic heterocycles. The predicted octanol–water partition coefficient (Wildman–Crippen LogP) is 2.61. The van der Waals surface area contributed by atoms with Crippen molar-refractivity contribution in [3.63, 3.8) is 0 Å². The van der Waals surface area contributed by atoms with Crippen LogP contribution in [0.1, 0.15) is 17.5 Å². The molecule has 0 atom stereocenters. The number of nitrogens with two attached hydrogens (primary N) is 1. The van der Waals surface area contributed by atoms with Crippen LogP contribution in [0.15, 0.2) is 12.1 Å². The van der Waals surface area contributed by atoms with Gasteiger partial charge >= 0.3 is 6.18 Å². The molecule has 0 aliphatic rings. The Morgan fingerprint density at radius 1 is 1.11 bits per heavy atom. The number of hydrogen-bond acceptors (Lipinski definition) is 3. The lowest BCUT2D eigenvalue weighted by Crippen LogP contribution is -2.10. The lowest BCUT2D eigenvalue weighted by molar-refractivity contribution is -0.138. The van der Waals surface area contributed by atoms with E-state index < -0.39 is 11.7 Å². The fraction of sp³-hybridized carbons (Fsp3) is 0.500. The molecule has 0 amide bonds. The van der Waals surface area contributed by atoms with E-state index in [2.05, 4.69) is 0 Å². The highest BCUT2D eigenvalue weighted by molar-refractivity contribution is 5.53. The third-order valence-electron chi connectivity index (χ3n) is 2.56. The van der Waals surface area contributed by atoms with E-state index in [1.165, 1.54) is 20.3 Å². The second kappa shape index (κ2) is 5.95. The standard InChI is InChI=1S/C12H16F3NO2/c1-17-10-8(4-3-7-16)5-6-9(11(10)18-2)12(13,14)15/h5-6H,3-4,7,16H2,1-2H3. The summed E-state index contributed by atoms with van der Waals surface area (Å²) in [5, 5.41) is 0. The Balaban J connectivity index is 3.27. The Kier molecular flexibility index (Phi) is 4.84. The van der Waals surface area contributed by atoms with Crippen LogP contribution in [0.4, 0.5) is 13.2 Å². The summed E-state index contributed by atoms with van der Waals surface area (Å²) < 4.78 is 48.2. The van der Waals surface area contributed by atoms with Crippen LogP contribution in [0, 0.1) is 0 Å². The number of benzene rings is 1. The van der Waals surface area contributed by atoms with E-state index in [4.69, 9.17) is 15.2 Å². The maximum atomic E-state index is 12.8. The normalized spacial score (nSPS) is 11.4. The van der Waals surface area contributed by atoms with Crippen LogP contribution in [0.5, 0.6) is 11.5 Å². The fourth-order valence-corrected chi connectivity index (χ4v) is 1.74. The molecule has 0 saturated heterocycles. The molecule has 6 heteroatoms. The van der Waals surface area contributed by atoms with E-state index in [-0.39, 0.29) is 11.5 Å². The van der Waals surface area contributed by atoms with Crippen LogP contribution < -0.4 is 15.2 Å². The van der Waals surface area contributed by atoms with E-state index in [1.54, 1.807) is 0 Å². The highest BCUT2D eigenvalue weighted by Gasteiger charge is 2.36. The number of alkyl halides is 3. The summed E-state index contributed by atoms with van der Waals surface area (Å²) >= 11 is 0. The molecule has 1 aromatic carbocycles. The second-order valence-corrected chi connectivity index (χ2v) is 3.73. The van der Waals surface area contributed by atoms with Crippen LogP contribution >= 0.6 is 0 Å². The Morgan fingerprint density at radius 3 is 2.17 bits per heavy atom. The van der Waals surface area contributed by atoms with Crippen LogP contribution in [-0.4, -0.2) is 20.8 Å². The van der Waals surface area contributed by atoms with Gasteiger partial charge in [-0.15, -0.1) is 0 Å². The Hall–Kier alpha value is -1.43. The Morgan fingerprint density at radius 2 is 1.72 bits per heavy atom. The maximum absolute atomic E-state index is 12.8. The van der Waals surface area contributed by atoms with Gasteiger partial charge in [0.05, 0.1) is 14.2 Å². The topological polar surface area (TPSA) is 44.5 Å². The van der Waals surface area contributed by atoms with Crippen molar-refractivity contribution in [2.45, 2.75) is 19.0 Å². The number of hydrogen-bond donors (Lipinski definition) is 1. The summed E-state index contributed by atoms with van der Waals surface area (Å²) in [6.07, 6.45) is -3.25. The van der Waals surface area contributed by atoms with Gasteiger partial charge in [-0.25, -0.2) is 0 Å². The quantitative estimate of drug-likeness (QED) is 0.888. The lowest BCUT2D eigenvalue weighted by atomic mass is 10.0. The molecule has 0 bridgehead atoms. The number of halogens is 3. The van der Waals surface area contributed by atoms with Crippen LogP contribution in [0.25, 0.3) is 0 Å². The maximum Gasteiger partial charge on any atom is 0.420 e. The molecule has 102 valence electrons. The average molecular weight is 263 g/mol. The zero-order valence-electron chi connectivity index (χ0n) is 10.3. The number of ether oxygens (including phenoxy) is 2. The first kappa shape index (κ1) is 14.6. The molecule has 0 heterocycles. The minimum Gasteiger partial charge on any atom is -0.493 e. The summed E-state index contributed by atoms with van der Waals surface area (Å²) in [5.74, 6) is -0.153. The monoisotopic (exact) mass is 263 g/mol. The first-order valence-corrected chi connectivity index (χ1v) is 5.46. The minimum atomic E-state index is -4.47. The first-order valence-electron chi connectivity index (χ1n) is 5.46. The van der Waals surface area contributed by atoms with Crippen LogP contribution in [0.3, 0.4) is 0 Å². The molecule has 0 aliphatic heterocycles. The van der Waals surface area contributed by atoms with Gasteiger partial charge in [-0.2, -0.15) is 13.2 Å². The lowest BCUT2D eigenvalue weighted by Gasteiger charge is -2.17. The third-order valence-corrected chi connectivity index (χ3v) is 2.56. The summed E-state index contributed by atoms with van der Waals surface area (Å²) in [6.45, 7) is 0.465. The smallest absolute Gasteiger partial charge is 0.420 e. The summed E-state index contributed by atoms with van der Waals surface area (Å²) in [4.78, 5) is 0. The van der Waals surface area contributed by atoms with Crippen molar-refractivity contribution in [2.24, 2.45) is 5.73 Å². The van der Waals surface area contributed by atoms with E-state index >= 15 is 0 Å². The van der Waals surface area contributed by atoms with Gasteiger partial charge < -0.3 is 15.2 Å². The van der Waals surface area contributed by atoms with Gasteiger partial charge in [-0.1, -0.05) is 6.07 Å². The summed E-state index contributed by atoms with van der Waals surface area (Å²) in [6, 6.07) is 2.41. The number of rotatable bonds is 5. The van der Waals surface area contributed by atoms with E-state index in [9.17, 15) is 13.2 Å². The largest absolute Gasteiger partial charge is 0.493 e. The van der Waals surface area contributed by atoms with Gasteiger partial charge in [0.25, 0.3) is 0 Å². The third kappa shape index (κ3) is 3.07. The van der Waals surface area contributed by atoms with Crippen LogP contribution in [0.2, 0.25) is 0 Å². The molecule has 18 heavy (non-hydrogen) atoms. The van der Waals surface area contributed by atoms with Crippen molar-refractivity contribution < 1.29 is 22.6 Å². The molecule has 1 aromatic rings. The van der Waals surface area contributed by atoms with Crippen molar-refractivity contribution in [3.05, 3.63) is 23.3 Å². The first-order chi connectivity index (χ1) is 8.45. The zero-order valence-corrected chi connectivity index (χ0v) is 10.3. The van der Waals surface area contributed by atoms with E-state index in [0.717, 1.165) is 6.07 Å². The van der Waals surface area contributed by atoms with Gasteiger partial charge in [0.15, 0.2) is 11.5 Å². The predicted molar refractivity (Wildman–Crippen MR) is 61.9 cm³/mol. The van der Waals surface area contributed by atoms with Crippen LogP contribution in [-0.2, 0) is 12.6 Å². The Labute approximate surface area is 104 Å². The average Bonchev–Trinajstić information content (AvgIpc) is 2.33. The van der Waals surface area contributed by atoms with Crippen molar-refractivity contribution in [1.82, 2.24) is 0 Å². The molecule has 3 nitrogen and oxygen atoms in total. The number of aryl methyl sites for hydroxylation is 1. The van der Waals surface area contributed by atoms with E-state index in [1.807, 2.05) is 0 Å². The van der Waals surface area contributed by atoms with Crippen molar-refractivity contribution in [3.8, 4) is 11.5 Å². The number of methoxy groups -OCH3 is 2.